The standard InChI is InChI=1S/C19H14Br2/c1-13-12-18(21)10-11-19(13)16-4-2-14(3-5-16)15-6-8-17(20)9-7-15/h2-12H,1H3. The molecule has 2 heteroatoms. The third-order valence-corrected chi connectivity index (χ3v) is 4.58. The van der Waals surface area contributed by atoms with Crippen molar-refractivity contribution < 1.29 is 0 Å². The number of benzene rings is 3. The lowest BCUT2D eigenvalue weighted by molar-refractivity contribution is 1.44. The molecule has 3 rings (SSSR count). The summed E-state index contributed by atoms with van der Waals surface area (Å²) in [6, 6.07) is 23.5. The van der Waals surface area contributed by atoms with Crippen molar-refractivity contribution in [2.24, 2.45) is 0 Å². The minimum Gasteiger partial charge on any atom is -0.0538 e. The van der Waals surface area contributed by atoms with Gasteiger partial charge < -0.3 is 0 Å². The molecule has 0 aliphatic heterocycles. The highest BCUT2D eigenvalue weighted by Gasteiger charge is 2.03. The predicted octanol–water partition coefficient (Wildman–Crippen LogP) is 6.85. The molecular formula is C19H14Br2. The maximum Gasteiger partial charge on any atom is 0.0178 e. The molecule has 0 unspecified atom stereocenters. The first-order valence-corrected chi connectivity index (χ1v) is 8.34. The van der Waals surface area contributed by atoms with Gasteiger partial charge in [0.15, 0.2) is 0 Å². The third kappa shape index (κ3) is 3.28. The van der Waals surface area contributed by atoms with Crippen LogP contribution in [0.15, 0.2) is 75.7 Å². The van der Waals surface area contributed by atoms with Crippen LogP contribution in [0.1, 0.15) is 5.56 Å². The fraction of sp³-hybridized carbons (Fsp3) is 0.0526. The molecule has 0 heterocycles. The minimum absolute atomic E-state index is 1.10. The smallest absolute Gasteiger partial charge is 0.0178 e. The van der Waals surface area contributed by atoms with Crippen molar-refractivity contribution >= 4 is 31.9 Å². The van der Waals surface area contributed by atoms with Crippen LogP contribution in [-0.4, -0.2) is 0 Å². The van der Waals surface area contributed by atoms with Crippen LogP contribution in [0.4, 0.5) is 0 Å². The Kier molecular flexibility index (Phi) is 4.27. The maximum absolute atomic E-state index is 3.51. The van der Waals surface area contributed by atoms with Crippen molar-refractivity contribution in [2.75, 3.05) is 0 Å². The fourth-order valence-electron chi connectivity index (χ4n) is 2.44. The Labute approximate surface area is 142 Å². The molecule has 0 saturated heterocycles. The molecule has 0 radical (unpaired) electrons. The van der Waals surface area contributed by atoms with Crippen molar-refractivity contribution in [1.82, 2.24) is 0 Å². The third-order valence-electron chi connectivity index (χ3n) is 3.56. The number of rotatable bonds is 2. The van der Waals surface area contributed by atoms with Crippen molar-refractivity contribution in [3.05, 3.63) is 81.2 Å². The molecule has 0 bridgehead atoms. The summed E-state index contributed by atoms with van der Waals surface area (Å²) >= 11 is 6.98. The highest BCUT2D eigenvalue weighted by atomic mass is 79.9. The second kappa shape index (κ2) is 6.17. The topological polar surface area (TPSA) is 0 Å². The lowest BCUT2D eigenvalue weighted by Gasteiger charge is -2.08. The summed E-state index contributed by atoms with van der Waals surface area (Å²) in [5, 5.41) is 0. The van der Waals surface area contributed by atoms with Crippen molar-refractivity contribution in [1.29, 1.82) is 0 Å². The zero-order valence-corrected chi connectivity index (χ0v) is 14.8. The van der Waals surface area contributed by atoms with Crippen molar-refractivity contribution in [2.45, 2.75) is 6.92 Å². The van der Waals surface area contributed by atoms with Gasteiger partial charge in [0.1, 0.15) is 0 Å². The van der Waals surface area contributed by atoms with Gasteiger partial charge >= 0.3 is 0 Å². The van der Waals surface area contributed by atoms with Gasteiger partial charge in [0, 0.05) is 8.95 Å². The van der Waals surface area contributed by atoms with Crippen LogP contribution in [0.2, 0.25) is 0 Å². The van der Waals surface area contributed by atoms with E-state index in [1.807, 2.05) is 0 Å². The second-order valence-electron chi connectivity index (χ2n) is 5.04. The van der Waals surface area contributed by atoms with E-state index in [-0.39, 0.29) is 0 Å². The summed E-state index contributed by atoms with van der Waals surface area (Å²) in [5.41, 5.74) is 6.28. The summed E-state index contributed by atoms with van der Waals surface area (Å²) in [5.74, 6) is 0. The van der Waals surface area contributed by atoms with E-state index in [1.54, 1.807) is 0 Å². The lowest BCUT2D eigenvalue weighted by Crippen LogP contribution is -1.84. The molecule has 3 aromatic rings. The van der Waals surface area contributed by atoms with Crippen LogP contribution in [0.5, 0.6) is 0 Å². The predicted molar refractivity (Wildman–Crippen MR) is 97.5 cm³/mol. The van der Waals surface area contributed by atoms with E-state index in [4.69, 9.17) is 0 Å². The number of hydrogen-bond donors (Lipinski definition) is 0. The average Bonchev–Trinajstić information content (AvgIpc) is 2.48. The van der Waals surface area contributed by atoms with E-state index in [2.05, 4.69) is 106 Å². The van der Waals surface area contributed by atoms with Crippen LogP contribution in [0, 0.1) is 6.92 Å². The molecule has 0 aromatic heterocycles. The Morgan fingerprint density at radius 1 is 0.571 bits per heavy atom. The minimum atomic E-state index is 1.10. The average molecular weight is 402 g/mol. The lowest BCUT2D eigenvalue weighted by atomic mass is 9.98. The molecule has 0 amide bonds. The number of hydrogen-bond acceptors (Lipinski definition) is 0. The summed E-state index contributed by atoms with van der Waals surface area (Å²) in [6.45, 7) is 2.14. The molecule has 0 saturated carbocycles. The van der Waals surface area contributed by atoms with Crippen LogP contribution in [-0.2, 0) is 0 Å². The van der Waals surface area contributed by atoms with Crippen molar-refractivity contribution in [3.8, 4) is 22.3 Å². The molecular weight excluding hydrogens is 388 g/mol. The molecule has 3 aromatic carbocycles. The summed E-state index contributed by atoms with van der Waals surface area (Å²) in [7, 11) is 0. The van der Waals surface area contributed by atoms with E-state index in [0.29, 0.717) is 0 Å². The van der Waals surface area contributed by atoms with Gasteiger partial charge in [-0.15, -0.1) is 0 Å². The first-order chi connectivity index (χ1) is 10.1. The molecule has 0 N–H and O–H groups in total. The van der Waals surface area contributed by atoms with E-state index in [9.17, 15) is 0 Å². The van der Waals surface area contributed by atoms with Gasteiger partial charge in [-0.1, -0.05) is 74.3 Å². The Morgan fingerprint density at radius 3 is 1.62 bits per heavy atom. The van der Waals surface area contributed by atoms with Gasteiger partial charge in [-0.3, -0.25) is 0 Å². The van der Waals surface area contributed by atoms with Crippen LogP contribution < -0.4 is 0 Å². The van der Waals surface area contributed by atoms with Crippen LogP contribution in [0.25, 0.3) is 22.3 Å². The summed E-state index contributed by atoms with van der Waals surface area (Å²) < 4.78 is 2.23. The fourth-order valence-corrected chi connectivity index (χ4v) is 3.18. The van der Waals surface area contributed by atoms with Gasteiger partial charge in [-0.05, 0) is 59.0 Å². The van der Waals surface area contributed by atoms with Crippen LogP contribution in [0.3, 0.4) is 0 Å². The highest BCUT2D eigenvalue weighted by molar-refractivity contribution is 9.10. The SMILES string of the molecule is Cc1cc(Br)ccc1-c1ccc(-c2ccc(Br)cc2)cc1. The van der Waals surface area contributed by atoms with Gasteiger partial charge in [0.2, 0.25) is 0 Å². The Bertz CT molecular complexity index is 757. The first-order valence-electron chi connectivity index (χ1n) is 6.76. The van der Waals surface area contributed by atoms with Gasteiger partial charge in [0.05, 0.1) is 0 Å². The molecule has 0 fully saturated rings. The Hall–Kier alpha value is -1.38. The molecule has 0 spiro atoms. The monoisotopic (exact) mass is 400 g/mol. The molecule has 0 aliphatic rings. The van der Waals surface area contributed by atoms with E-state index in [1.165, 1.54) is 27.8 Å². The van der Waals surface area contributed by atoms with E-state index in [0.717, 1.165) is 8.95 Å². The maximum atomic E-state index is 3.51. The molecule has 0 nitrogen and oxygen atoms in total. The molecule has 0 aliphatic carbocycles. The molecule has 104 valence electrons. The highest BCUT2D eigenvalue weighted by Crippen LogP contribution is 2.29. The normalized spacial score (nSPS) is 10.6. The first kappa shape index (κ1) is 14.6. The van der Waals surface area contributed by atoms with E-state index >= 15 is 0 Å². The van der Waals surface area contributed by atoms with Gasteiger partial charge in [0.25, 0.3) is 0 Å². The quantitative estimate of drug-likeness (QED) is 0.440. The summed E-state index contributed by atoms with van der Waals surface area (Å²) in [4.78, 5) is 0. The van der Waals surface area contributed by atoms with E-state index < -0.39 is 0 Å². The largest absolute Gasteiger partial charge is 0.0538 e. The molecule has 21 heavy (non-hydrogen) atoms. The van der Waals surface area contributed by atoms with Gasteiger partial charge in [-0.2, -0.15) is 0 Å². The zero-order valence-electron chi connectivity index (χ0n) is 11.6. The Balaban J connectivity index is 1.95. The number of halogens is 2. The summed E-state index contributed by atoms with van der Waals surface area (Å²) in [6.07, 6.45) is 0. The zero-order chi connectivity index (χ0) is 14.8. The van der Waals surface area contributed by atoms with Gasteiger partial charge in [-0.25, -0.2) is 0 Å². The van der Waals surface area contributed by atoms with Crippen LogP contribution >= 0.6 is 31.9 Å². The number of aryl methyl sites for hydroxylation is 1. The second-order valence-corrected chi connectivity index (χ2v) is 6.87. The van der Waals surface area contributed by atoms with Crippen molar-refractivity contribution in [3.63, 3.8) is 0 Å². The Morgan fingerprint density at radius 2 is 1.05 bits per heavy atom. The molecule has 0 atom stereocenters.